The van der Waals surface area contributed by atoms with E-state index in [0.29, 0.717) is 5.02 Å². The van der Waals surface area contributed by atoms with Crippen LogP contribution in [0.4, 0.5) is 0 Å². The number of aromatic nitrogens is 3. The van der Waals surface area contributed by atoms with Crippen LogP contribution in [0.1, 0.15) is 30.6 Å². The summed E-state index contributed by atoms with van der Waals surface area (Å²) >= 11 is 6.17. The molecule has 0 aliphatic rings. The van der Waals surface area contributed by atoms with Crippen LogP contribution in [-0.4, -0.2) is 21.5 Å². The van der Waals surface area contributed by atoms with Gasteiger partial charge in [0.05, 0.1) is 16.8 Å². The molecule has 2 rings (SSSR count). The first-order valence-corrected chi connectivity index (χ1v) is 6.76. The molecule has 0 aliphatic heterocycles. The molecule has 4 nitrogen and oxygen atoms in total. The van der Waals surface area contributed by atoms with Gasteiger partial charge in [0.2, 0.25) is 0 Å². The van der Waals surface area contributed by atoms with Crippen molar-refractivity contribution in [1.82, 2.24) is 20.3 Å². The molecule has 1 unspecified atom stereocenters. The molecule has 2 aromatic heterocycles. The average molecular weight is 277 g/mol. The summed E-state index contributed by atoms with van der Waals surface area (Å²) < 4.78 is 0. The van der Waals surface area contributed by atoms with Crippen molar-refractivity contribution in [3.05, 3.63) is 53.3 Å². The Morgan fingerprint density at radius 1 is 1.26 bits per heavy atom. The van der Waals surface area contributed by atoms with Gasteiger partial charge < -0.3 is 5.32 Å². The first-order valence-electron chi connectivity index (χ1n) is 6.39. The molecule has 0 spiro atoms. The first-order chi connectivity index (χ1) is 9.31. The van der Waals surface area contributed by atoms with Gasteiger partial charge in [-0.1, -0.05) is 18.5 Å². The van der Waals surface area contributed by atoms with Gasteiger partial charge in [-0.25, -0.2) is 9.97 Å². The number of nitrogens with one attached hydrogen (secondary N) is 1. The van der Waals surface area contributed by atoms with E-state index in [4.69, 9.17) is 11.6 Å². The van der Waals surface area contributed by atoms with Crippen molar-refractivity contribution in [2.24, 2.45) is 0 Å². The number of halogens is 1. The first kappa shape index (κ1) is 13.9. The highest BCUT2D eigenvalue weighted by Gasteiger charge is 2.14. The molecule has 0 fully saturated rings. The minimum absolute atomic E-state index is 0.142. The largest absolute Gasteiger partial charge is 0.308 e. The zero-order chi connectivity index (χ0) is 13.5. The van der Waals surface area contributed by atoms with E-state index >= 15 is 0 Å². The van der Waals surface area contributed by atoms with Crippen LogP contribution in [0.15, 0.2) is 37.1 Å². The smallest absolute Gasteiger partial charge is 0.115 e. The van der Waals surface area contributed by atoms with Crippen LogP contribution >= 0.6 is 11.6 Å². The second-order valence-electron chi connectivity index (χ2n) is 4.31. The predicted molar refractivity (Wildman–Crippen MR) is 76.0 cm³/mol. The quantitative estimate of drug-likeness (QED) is 0.881. The van der Waals surface area contributed by atoms with Crippen LogP contribution in [-0.2, 0) is 6.42 Å². The Morgan fingerprint density at radius 2 is 2.11 bits per heavy atom. The monoisotopic (exact) mass is 276 g/mol. The Bertz CT molecular complexity index is 504. The Labute approximate surface area is 118 Å². The van der Waals surface area contributed by atoms with Crippen LogP contribution in [0.25, 0.3) is 0 Å². The van der Waals surface area contributed by atoms with Crippen molar-refractivity contribution in [2.45, 2.75) is 25.8 Å². The fraction of sp³-hybridized carbons (Fsp3) is 0.357. The molecular formula is C14H17ClN4. The Hall–Kier alpha value is -1.52. The van der Waals surface area contributed by atoms with Gasteiger partial charge in [0, 0.05) is 18.6 Å². The van der Waals surface area contributed by atoms with Gasteiger partial charge in [-0.05, 0) is 37.1 Å². The number of rotatable bonds is 6. The zero-order valence-corrected chi connectivity index (χ0v) is 11.6. The maximum absolute atomic E-state index is 6.17. The molecular weight excluding hydrogens is 260 g/mol. The van der Waals surface area contributed by atoms with E-state index in [1.54, 1.807) is 24.9 Å². The predicted octanol–water partition coefficient (Wildman–Crippen LogP) is 2.81. The van der Waals surface area contributed by atoms with E-state index in [1.807, 2.05) is 12.1 Å². The van der Waals surface area contributed by atoms with Gasteiger partial charge in [-0.3, -0.25) is 4.98 Å². The second kappa shape index (κ2) is 7.16. The van der Waals surface area contributed by atoms with Crippen molar-refractivity contribution in [2.75, 3.05) is 6.54 Å². The van der Waals surface area contributed by atoms with Crippen molar-refractivity contribution >= 4 is 11.6 Å². The molecule has 0 radical (unpaired) electrons. The van der Waals surface area contributed by atoms with Crippen molar-refractivity contribution in [3.8, 4) is 0 Å². The normalized spacial score (nSPS) is 12.3. The van der Waals surface area contributed by atoms with E-state index < -0.39 is 0 Å². The zero-order valence-electron chi connectivity index (χ0n) is 10.9. The van der Waals surface area contributed by atoms with Crippen LogP contribution < -0.4 is 5.32 Å². The summed E-state index contributed by atoms with van der Waals surface area (Å²) in [5.41, 5.74) is 2.06. The molecule has 1 N–H and O–H groups in total. The van der Waals surface area contributed by atoms with Gasteiger partial charge >= 0.3 is 0 Å². The van der Waals surface area contributed by atoms with Crippen LogP contribution in [0.5, 0.6) is 0 Å². The molecule has 0 bridgehead atoms. The molecule has 0 amide bonds. The SMILES string of the molecule is CCCNC(Cc1ccncc1Cl)c1ccncn1. The molecule has 2 aromatic rings. The molecule has 0 aromatic carbocycles. The van der Waals surface area contributed by atoms with E-state index in [0.717, 1.165) is 30.6 Å². The van der Waals surface area contributed by atoms with E-state index in [1.165, 1.54) is 0 Å². The minimum atomic E-state index is 0.142. The molecule has 1 atom stereocenters. The lowest BCUT2D eigenvalue weighted by Crippen LogP contribution is -2.25. The maximum Gasteiger partial charge on any atom is 0.115 e. The highest BCUT2D eigenvalue weighted by atomic mass is 35.5. The molecule has 100 valence electrons. The lowest BCUT2D eigenvalue weighted by atomic mass is 10.0. The summed E-state index contributed by atoms with van der Waals surface area (Å²) in [5, 5.41) is 4.19. The summed E-state index contributed by atoms with van der Waals surface area (Å²) in [4.78, 5) is 12.3. The van der Waals surface area contributed by atoms with Crippen molar-refractivity contribution in [1.29, 1.82) is 0 Å². The topological polar surface area (TPSA) is 50.7 Å². The van der Waals surface area contributed by atoms with E-state index in [2.05, 4.69) is 27.2 Å². The molecule has 19 heavy (non-hydrogen) atoms. The number of pyridine rings is 1. The van der Waals surface area contributed by atoms with Gasteiger partial charge in [-0.15, -0.1) is 0 Å². The van der Waals surface area contributed by atoms with E-state index in [9.17, 15) is 0 Å². The summed E-state index contributed by atoms with van der Waals surface area (Å²) in [5.74, 6) is 0. The van der Waals surface area contributed by atoms with Crippen LogP contribution in [0.2, 0.25) is 5.02 Å². The van der Waals surface area contributed by atoms with Gasteiger partial charge in [0.15, 0.2) is 0 Å². The third-order valence-electron chi connectivity index (χ3n) is 2.88. The third kappa shape index (κ3) is 3.98. The van der Waals surface area contributed by atoms with Gasteiger partial charge in [0.1, 0.15) is 6.33 Å². The Morgan fingerprint density at radius 3 is 2.79 bits per heavy atom. The second-order valence-corrected chi connectivity index (χ2v) is 4.72. The molecule has 2 heterocycles. The third-order valence-corrected chi connectivity index (χ3v) is 3.22. The standard InChI is InChI=1S/C14H17ClN4/c1-2-5-18-14(13-4-7-17-10-19-13)8-11-3-6-16-9-12(11)15/h3-4,6-7,9-10,14,18H,2,5,8H2,1H3. The fourth-order valence-electron chi connectivity index (χ4n) is 1.90. The summed E-state index contributed by atoms with van der Waals surface area (Å²) in [7, 11) is 0. The molecule has 0 saturated heterocycles. The van der Waals surface area contributed by atoms with Crippen LogP contribution in [0, 0.1) is 0 Å². The van der Waals surface area contributed by atoms with Gasteiger partial charge in [-0.2, -0.15) is 0 Å². The lowest BCUT2D eigenvalue weighted by Gasteiger charge is -2.18. The highest BCUT2D eigenvalue weighted by Crippen LogP contribution is 2.21. The molecule has 0 aliphatic carbocycles. The summed E-state index contributed by atoms with van der Waals surface area (Å²) in [6.45, 7) is 3.08. The average Bonchev–Trinajstić information content (AvgIpc) is 2.46. The minimum Gasteiger partial charge on any atom is -0.308 e. The maximum atomic E-state index is 6.17. The number of hydrogen-bond acceptors (Lipinski definition) is 4. The summed E-state index contributed by atoms with van der Waals surface area (Å²) in [6.07, 6.45) is 8.64. The fourth-order valence-corrected chi connectivity index (χ4v) is 2.09. The molecule has 0 saturated carbocycles. The van der Waals surface area contributed by atoms with Gasteiger partial charge in [0.25, 0.3) is 0 Å². The van der Waals surface area contributed by atoms with Crippen molar-refractivity contribution < 1.29 is 0 Å². The number of hydrogen-bond donors (Lipinski definition) is 1. The van der Waals surface area contributed by atoms with Crippen molar-refractivity contribution in [3.63, 3.8) is 0 Å². The lowest BCUT2D eigenvalue weighted by molar-refractivity contribution is 0.516. The highest BCUT2D eigenvalue weighted by molar-refractivity contribution is 6.31. The number of nitrogens with zero attached hydrogens (tertiary/aromatic N) is 3. The Kier molecular flexibility index (Phi) is 5.24. The van der Waals surface area contributed by atoms with Crippen LogP contribution in [0.3, 0.4) is 0 Å². The van der Waals surface area contributed by atoms with E-state index in [-0.39, 0.29) is 6.04 Å². The Balaban J connectivity index is 2.17. The summed E-state index contributed by atoms with van der Waals surface area (Å²) in [6, 6.07) is 4.02. The molecule has 5 heteroatoms.